The van der Waals surface area contributed by atoms with Crippen molar-refractivity contribution >= 4 is 16.9 Å². The van der Waals surface area contributed by atoms with Crippen LogP contribution in [0.3, 0.4) is 0 Å². The van der Waals surface area contributed by atoms with E-state index >= 15 is 0 Å². The third-order valence-electron chi connectivity index (χ3n) is 5.42. The van der Waals surface area contributed by atoms with Crippen LogP contribution in [0.5, 0.6) is 0 Å². The van der Waals surface area contributed by atoms with E-state index < -0.39 is 0 Å². The standard InChI is InChI=1S/C19H26N4O2/c1-3-23-18-7-5-4-6-17(18)20-19(23)11-22-9-15-8-21(14(2)24)10-16(22)13-25-12-15/h4-7,15-16H,3,8-13H2,1-2H3/t15-,16-/m0/s1. The number of ether oxygens (including phenoxy) is 1. The number of amides is 1. The third-order valence-corrected chi connectivity index (χ3v) is 5.42. The number of aryl methyl sites for hydroxylation is 1. The predicted molar refractivity (Wildman–Crippen MR) is 96.2 cm³/mol. The van der Waals surface area contributed by atoms with Crippen LogP contribution in [0.1, 0.15) is 19.7 Å². The van der Waals surface area contributed by atoms with Gasteiger partial charge in [-0.2, -0.15) is 0 Å². The van der Waals surface area contributed by atoms with E-state index in [1.54, 1.807) is 6.92 Å². The first-order valence-electron chi connectivity index (χ1n) is 9.17. The molecule has 2 fully saturated rings. The van der Waals surface area contributed by atoms with Gasteiger partial charge in [0.2, 0.25) is 5.91 Å². The second-order valence-electron chi connectivity index (χ2n) is 7.17. The number of aromatic nitrogens is 2. The van der Waals surface area contributed by atoms with Crippen molar-refractivity contribution in [1.29, 1.82) is 0 Å². The highest BCUT2D eigenvalue weighted by molar-refractivity contribution is 5.76. The van der Waals surface area contributed by atoms with Crippen LogP contribution >= 0.6 is 0 Å². The molecular weight excluding hydrogens is 316 g/mol. The number of rotatable bonds is 3. The first-order valence-corrected chi connectivity index (χ1v) is 9.17. The van der Waals surface area contributed by atoms with Crippen LogP contribution in [0.25, 0.3) is 11.0 Å². The van der Waals surface area contributed by atoms with E-state index in [4.69, 9.17) is 9.72 Å². The normalized spacial score (nSPS) is 24.5. The number of fused-ring (bicyclic) bond motifs is 4. The van der Waals surface area contributed by atoms with Crippen LogP contribution in [-0.2, 0) is 22.6 Å². The van der Waals surface area contributed by atoms with Gasteiger partial charge in [0.15, 0.2) is 0 Å². The minimum absolute atomic E-state index is 0.166. The molecule has 2 saturated heterocycles. The second kappa shape index (κ2) is 6.77. The number of benzene rings is 1. The van der Waals surface area contributed by atoms with E-state index in [0.29, 0.717) is 12.5 Å². The Kier molecular flexibility index (Phi) is 4.48. The maximum absolute atomic E-state index is 11.9. The Morgan fingerprint density at radius 2 is 2.08 bits per heavy atom. The maximum Gasteiger partial charge on any atom is 0.219 e. The Morgan fingerprint density at radius 1 is 1.24 bits per heavy atom. The summed E-state index contributed by atoms with van der Waals surface area (Å²) in [7, 11) is 0. The van der Waals surface area contributed by atoms with Crippen LogP contribution in [0.4, 0.5) is 0 Å². The van der Waals surface area contributed by atoms with Gasteiger partial charge in [0.05, 0.1) is 36.8 Å². The van der Waals surface area contributed by atoms with Crippen molar-refractivity contribution in [2.75, 3.05) is 32.8 Å². The Balaban J connectivity index is 1.63. The number of hydrogen-bond acceptors (Lipinski definition) is 4. The highest BCUT2D eigenvalue weighted by Crippen LogP contribution is 2.23. The average molecular weight is 342 g/mol. The fraction of sp³-hybridized carbons (Fsp3) is 0.579. The lowest BCUT2D eigenvalue weighted by Crippen LogP contribution is -2.45. The van der Waals surface area contributed by atoms with E-state index in [0.717, 1.165) is 50.7 Å². The maximum atomic E-state index is 11.9. The van der Waals surface area contributed by atoms with E-state index in [-0.39, 0.29) is 11.9 Å². The minimum atomic E-state index is 0.166. The summed E-state index contributed by atoms with van der Waals surface area (Å²) in [5.41, 5.74) is 2.25. The van der Waals surface area contributed by atoms with E-state index in [2.05, 4.69) is 34.6 Å². The highest BCUT2D eigenvalue weighted by Gasteiger charge is 2.34. The van der Waals surface area contributed by atoms with Crippen molar-refractivity contribution in [2.24, 2.45) is 5.92 Å². The predicted octanol–water partition coefficient (Wildman–Crippen LogP) is 1.74. The van der Waals surface area contributed by atoms with Gasteiger partial charge in [-0.3, -0.25) is 9.69 Å². The molecule has 1 aromatic heterocycles. The van der Waals surface area contributed by atoms with Crippen molar-refractivity contribution in [2.45, 2.75) is 33.0 Å². The summed E-state index contributed by atoms with van der Waals surface area (Å²) in [6.07, 6.45) is 0. The molecule has 0 radical (unpaired) electrons. The first-order chi connectivity index (χ1) is 12.2. The van der Waals surface area contributed by atoms with Crippen LogP contribution in [0.15, 0.2) is 24.3 Å². The Bertz CT molecular complexity index is 772. The van der Waals surface area contributed by atoms with Gasteiger partial charge in [-0.05, 0) is 19.1 Å². The molecule has 6 heteroatoms. The molecule has 0 aliphatic carbocycles. The molecule has 2 bridgehead atoms. The van der Waals surface area contributed by atoms with Crippen molar-refractivity contribution in [3.05, 3.63) is 30.1 Å². The minimum Gasteiger partial charge on any atom is -0.379 e. The van der Waals surface area contributed by atoms with Crippen LogP contribution in [0.2, 0.25) is 0 Å². The molecule has 1 amide bonds. The molecule has 25 heavy (non-hydrogen) atoms. The van der Waals surface area contributed by atoms with Gasteiger partial charge >= 0.3 is 0 Å². The molecule has 1 aromatic carbocycles. The molecule has 0 spiro atoms. The number of para-hydroxylation sites is 2. The quantitative estimate of drug-likeness (QED) is 0.852. The molecule has 2 aromatic rings. The molecule has 0 saturated carbocycles. The molecule has 2 aliphatic heterocycles. The molecule has 4 rings (SSSR count). The third kappa shape index (κ3) is 3.16. The van der Waals surface area contributed by atoms with Gasteiger partial charge in [-0.15, -0.1) is 0 Å². The van der Waals surface area contributed by atoms with Crippen LogP contribution < -0.4 is 0 Å². The number of nitrogens with zero attached hydrogens (tertiary/aromatic N) is 4. The molecule has 3 heterocycles. The lowest BCUT2D eigenvalue weighted by Gasteiger charge is -2.30. The fourth-order valence-corrected chi connectivity index (χ4v) is 4.16. The average Bonchev–Trinajstić information content (AvgIpc) is 2.69. The number of imidazole rings is 1. The van der Waals surface area contributed by atoms with Crippen molar-refractivity contribution in [3.8, 4) is 0 Å². The Morgan fingerprint density at radius 3 is 2.88 bits per heavy atom. The summed E-state index contributed by atoms with van der Waals surface area (Å²) in [6.45, 7) is 9.48. The molecule has 2 aliphatic rings. The zero-order chi connectivity index (χ0) is 17.4. The summed E-state index contributed by atoms with van der Waals surface area (Å²) >= 11 is 0. The number of carbonyl (C=O) groups is 1. The largest absolute Gasteiger partial charge is 0.379 e. The smallest absolute Gasteiger partial charge is 0.219 e. The van der Waals surface area contributed by atoms with Crippen LogP contribution in [0, 0.1) is 5.92 Å². The van der Waals surface area contributed by atoms with Crippen molar-refractivity contribution < 1.29 is 9.53 Å². The van der Waals surface area contributed by atoms with Gasteiger partial charge in [-0.25, -0.2) is 4.98 Å². The lowest BCUT2D eigenvalue weighted by molar-refractivity contribution is -0.130. The van der Waals surface area contributed by atoms with Crippen molar-refractivity contribution in [3.63, 3.8) is 0 Å². The van der Waals surface area contributed by atoms with Crippen molar-refractivity contribution in [1.82, 2.24) is 19.4 Å². The monoisotopic (exact) mass is 342 g/mol. The molecule has 134 valence electrons. The lowest BCUT2D eigenvalue weighted by atomic mass is 10.1. The molecule has 0 N–H and O–H groups in total. The fourth-order valence-electron chi connectivity index (χ4n) is 4.16. The summed E-state index contributed by atoms with van der Waals surface area (Å²) in [5.74, 6) is 1.64. The second-order valence-corrected chi connectivity index (χ2v) is 7.17. The zero-order valence-electron chi connectivity index (χ0n) is 15.0. The number of carbonyl (C=O) groups excluding carboxylic acids is 1. The first kappa shape index (κ1) is 16.5. The zero-order valence-corrected chi connectivity index (χ0v) is 15.0. The molecule has 6 nitrogen and oxygen atoms in total. The topological polar surface area (TPSA) is 50.6 Å². The Labute approximate surface area is 148 Å². The molecule has 0 unspecified atom stereocenters. The summed E-state index contributed by atoms with van der Waals surface area (Å²) < 4.78 is 8.17. The highest BCUT2D eigenvalue weighted by atomic mass is 16.5. The summed E-state index contributed by atoms with van der Waals surface area (Å²) in [4.78, 5) is 21.2. The summed E-state index contributed by atoms with van der Waals surface area (Å²) in [5, 5.41) is 0. The van der Waals surface area contributed by atoms with Crippen LogP contribution in [-0.4, -0.2) is 64.1 Å². The van der Waals surface area contributed by atoms with E-state index in [9.17, 15) is 4.79 Å². The summed E-state index contributed by atoms with van der Waals surface area (Å²) in [6, 6.07) is 8.55. The van der Waals surface area contributed by atoms with Gasteiger partial charge < -0.3 is 14.2 Å². The van der Waals surface area contributed by atoms with Gasteiger partial charge in [0.1, 0.15) is 5.82 Å². The van der Waals surface area contributed by atoms with Gasteiger partial charge in [0.25, 0.3) is 0 Å². The Hall–Kier alpha value is -1.92. The van der Waals surface area contributed by atoms with E-state index in [1.807, 2.05) is 11.0 Å². The number of hydrogen-bond donors (Lipinski definition) is 0. The molecule has 2 atom stereocenters. The van der Waals surface area contributed by atoms with Gasteiger partial charge in [0, 0.05) is 39.0 Å². The molecular formula is C19H26N4O2. The van der Waals surface area contributed by atoms with E-state index in [1.165, 1.54) is 5.52 Å². The SMILES string of the molecule is CCn1c(CN2C[C@H]3COC[C@@H]2CN(C(C)=O)C3)nc2ccccc21. The van der Waals surface area contributed by atoms with Gasteiger partial charge in [-0.1, -0.05) is 12.1 Å².